The van der Waals surface area contributed by atoms with E-state index in [1.165, 1.54) is 17.7 Å². The van der Waals surface area contributed by atoms with Gasteiger partial charge in [0.05, 0.1) is 6.10 Å². The van der Waals surface area contributed by atoms with E-state index in [9.17, 15) is 14.7 Å². The number of thioether (sulfide) groups is 1. The zero-order valence-corrected chi connectivity index (χ0v) is 15.2. The highest BCUT2D eigenvalue weighted by Crippen LogP contribution is 2.10. The van der Waals surface area contributed by atoms with Crippen LogP contribution in [-0.2, 0) is 14.1 Å². The summed E-state index contributed by atoms with van der Waals surface area (Å²) in [5.41, 5.74) is -0.706. The number of aliphatic hydroxyl groups excluding tert-OH is 1. The van der Waals surface area contributed by atoms with Gasteiger partial charge < -0.3 is 15.2 Å². The van der Waals surface area contributed by atoms with Crippen molar-refractivity contribution < 1.29 is 9.84 Å². The van der Waals surface area contributed by atoms with Crippen molar-refractivity contribution in [2.45, 2.75) is 6.10 Å². The van der Waals surface area contributed by atoms with Gasteiger partial charge in [-0.15, -0.1) is 0 Å². The van der Waals surface area contributed by atoms with Gasteiger partial charge >= 0.3 is 5.69 Å². The van der Waals surface area contributed by atoms with E-state index in [0.29, 0.717) is 18.1 Å². The van der Waals surface area contributed by atoms with Gasteiger partial charge in [-0.3, -0.25) is 13.9 Å². The molecule has 1 aromatic carbocycles. The van der Waals surface area contributed by atoms with Crippen molar-refractivity contribution in [2.75, 3.05) is 30.0 Å². The molecule has 0 fully saturated rings. The smallest absolute Gasteiger partial charge is 0.332 e. The normalized spacial score (nSPS) is 12.0. The molecular weight excluding hydrogens is 342 g/mol. The average Bonchev–Trinajstić information content (AvgIpc) is 2.62. The van der Waals surface area contributed by atoms with Crippen molar-refractivity contribution >= 4 is 17.6 Å². The van der Waals surface area contributed by atoms with Crippen molar-refractivity contribution in [3.05, 3.63) is 57.2 Å². The fourth-order valence-electron chi connectivity index (χ4n) is 2.13. The molecule has 2 N–H and O–H groups in total. The van der Waals surface area contributed by atoms with Crippen LogP contribution in [0.4, 0.5) is 5.82 Å². The maximum atomic E-state index is 11.8. The summed E-state index contributed by atoms with van der Waals surface area (Å²) >= 11 is 1.57. The number of anilines is 1. The van der Waals surface area contributed by atoms with Crippen LogP contribution < -0.4 is 21.3 Å². The summed E-state index contributed by atoms with van der Waals surface area (Å²) in [5, 5.41) is 13.0. The number of aromatic nitrogens is 2. The molecule has 0 radical (unpaired) electrons. The second-order valence-corrected chi connectivity index (χ2v) is 6.70. The lowest BCUT2D eigenvalue weighted by Gasteiger charge is -2.13. The van der Waals surface area contributed by atoms with Crippen LogP contribution >= 0.6 is 11.8 Å². The average molecular weight is 365 g/mol. The first-order valence-corrected chi connectivity index (χ1v) is 9.09. The zero-order valence-electron chi connectivity index (χ0n) is 14.3. The molecule has 136 valence electrons. The van der Waals surface area contributed by atoms with Crippen LogP contribution in [0.5, 0.6) is 5.75 Å². The quantitative estimate of drug-likeness (QED) is 0.636. The van der Waals surface area contributed by atoms with Gasteiger partial charge in [0, 0.05) is 38.2 Å². The third kappa shape index (κ3) is 5.68. The highest BCUT2D eigenvalue weighted by Gasteiger charge is 2.07. The molecule has 0 aliphatic heterocycles. The van der Waals surface area contributed by atoms with Crippen LogP contribution in [0.1, 0.15) is 0 Å². The first kappa shape index (κ1) is 19.1. The van der Waals surface area contributed by atoms with Crippen molar-refractivity contribution in [1.29, 1.82) is 0 Å². The molecule has 0 spiro atoms. The Kier molecular flexibility index (Phi) is 7.15. The highest BCUT2D eigenvalue weighted by molar-refractivity contribution is 7.99. The Hall–Kier alpha value is -2.19. The molecule has 0 aliphatic rings. The SMILES string of the molecule is Cn1c(NCCSCC(O)COc2ccccc2)cc(=O)n(C)c1=O. The monoisotopic (exact) mass is 365 g/mol. The predicted octanol–water partition coefficient (Wildman–Crippen LogP) is 0.669. The Morgan fingerprint density at radius 3 is 2.64 bits per heavy atom. The van der Waals surface area contributed by atoms with E-state index in [4.69, 9.17) is 4.74 Å². The Morgan fingerprint density at radius 2 is 1.92 bits per heavy atom. The predicted molar refractivity (Wildman–Crippen MR) is 101 cm³/mol. The number of ether oxygens (including phenoxy) is 1. The van der Waals surface area contributed by atoms with Gasteiger partial charge in [0.1, 0.15) is 18.2 Å². The molecule has 7 nitrogen and oxygen atoms in total. The minimum Gasteiger partial charge on any atom is -0.491 e. The van der Waals surface area contributed by atoms with Gasteiger partial charge in [0.2, 0.25) is 0 Å². The lowest BCUT2D eigenvalue weighted by molar-refractivity contribution is 0.126. The minimum absolute atomic E-state index is 0.244. The molecule has 1 aromatic heterocycles. The summed E-state index contributed by atoms with van der Waals surface area (Å²) in [6, 6.07) is 10.8. The number of rotatable bonds is 9. The third-order valence-corrected chi connectivity index (χ3v) is 4.69. The Bertz CT molecular complexity index is 789. The number of hydrogen-bond acceptors (Lipinski definition) is 6. The van der Waals surface area contributed by atoms with Gasteiger partial charge in [-0.25, -0.2) is 4.79 Å². The van der Waals surface area contributed by atoms with Crippen LogP contribution in [0.15, 0.2) is 46.0 Å². The standard InChI is InChI=1S/C17H23N3O4S/c1-19-15(10-16(22)20(2)17(19)23)18-8-9-25-12-13(21)11-24-14-6-4-3-5-7-14/h3-7,10,13,18,21H,8-9,11-12H2,1-2H3. The first-order valence-electron chi connectivity index (χ1n) is 7.93. The van der Waals surface area contributed by atoms with Crippen molar-refractivity contribution in [3.63, 3.8) is 0 Å². The van der Waals surface area contributed by atoms with Crippen molar-refractivity contribution in [3.8, 4) is 5.75 Å². The molecule has 8 heteroatoms. The Balaban J connectivity index is 1.68. The fraction of sp³-hybridized carbons (Fsp3) is 0.412. The number of hydrogen-bond donors (Lipinski definition) is 2. The molecule has 25 heavy (non-hydrogen) atoms. The van der Waals surface area contributed by atoms with Gasteiger partial charge in [0.15, 0.2) is 0 Å². The molecule has 1 atom stereocenters. The van der Waals surface area contributed by atoms with Crippen LogP contribution in [-0.4, -0.2) is 45.0 Å². The molecular formula is C17H23N3O4S. The number of para-hydroxylation sites is 1. The maximum Gasteiger partial charge on any atom is 0.332 e. The van der Waals surface area contributed by atoms with E-state index in [1.807, 2.05) is 30.3 Å². The molecule has 2 aromatic rings. The third-order valence-electron chi connectivity index (χ3n) is 3.57. The fourth-order valence-corrected chi connectivity index (χ4v) is 2.91. The van der Waals surface area contributed by atoms with E-state index in [0.717, 1.165) is 16.1 Å². The summed E-state index contributed by atoms with van der Waals surface area (Å²) in [6.07, 6.45) is -0.557. The molecule has 0 bridgehead atoms. The van der Waals surface area contributed by atoms with Crippen LogP contribution in [0.25, 0.3) is 0 Å². The van der Waals surface area contributed by atoms with Crippen molar-refractivity contribution in [1.82, 2.24) is 9.13 Å². The first-order chi connectivity index (χ1) is 12.0. The van der Waals surface area contributed by atoms with Gasteiger partial charge in [-0.05, 0) is 12.1 Å². The summed E-state index contributed by atoms with van der Waals surface area (Å²) in [6.45, 7) is 0.824. The van der Waals surface area contributed by atoms with E-state index in [1.54, 1.807) is 18.8 Å². The van der Waals surface area contributed by atoms with E-state index < -0.39 is 6.10 Å². The second-order valence-electron chi connectivity index (χ2n) is 5.55. The lowest BCUT2D eigenvalue weighted by Crippen LogP contribution is -2.37. The topological polar surface area (TPSA) is 85.5 Å². The molecule has 1 unspecified atom stereocenters. The summed E-state index contributed by atoms with van der Waals surface area (Å²) in [5.74, 6) is 2.50. The lowest BCUT2D eigenvalue weighted by atomic mass is 10.3. The molecule has 0 saturated heterocycles. The Labute approximate surface area is 150 Å². The summed E-state index contributed by atoms with van der Waals surface area (Å²) in [7, 11) is 3.06. The highest BCUT2D eigenvalue weighted by atomic mass is 32.2. The van der Waals surface area contributed by atoms with Crippen LogP contribution in [0.3, 0.4) is 0 Å². The number of benzene rings is 1. The van der Waals surface area contributed by atoms with Gasteiger partial charge in [0.25, 0.3) is 5.56 Å². The van der Waals surface area contributed by atoms with E-state index >= 15 is 0 Å². The van der Waals surface area contributed by atoms with Crippen LogP contribution in [0.2, 0.25) is 0 Å². The number of nitrogens with one attached hydrogen (secondary N) is 1. The molecule has 0 amide bonds. The van der Waals surface area contributed by atoms with E-state index in [-0.39, 0.29) is 17.9 Å². The Morgan fingerprint density at radius 1 is 1.20 bits per heavy atom. The summed E-state index contributed by atoms with van der Waals surface area (Å²) in [4.78, 5) is 23.4. The molecule has 0 saturated carbocycles. The maximum absolute atomic E-state index is 11.8. The van der Waals surface area contributed by atoms with Gasteiger partial charge in [-0.2, -0.15) is 11.8 Å². The van der Waals surface area contributed by atoms with E-state index in [2.05, 4.69) is 5.32 Å². The molecule has 1 heterocycles. The van der Waals surface area contributed by atoms with Gasteiger partial charge in [-0.1, -0.05) is 18.2 Å². The van der Waals surface area contributed by atoms with Crippen molar-refractivity contribution in [2.24, 2.45) is 14.1 Å². The number of aliphatic hydroxyl groups is 1. The summed E-state index contributed by atoms with van der Waals surface area (Å²) < 4.78 is 7.95. The zero-order chi connectivity index (χ0) is 18.2. The second kappa shape index (κ2) is 9.33. The largest absolute Gasteiger partial charge is 0.491 e. The van der Waals surface area contributed by atoms with Crippen LogP contribution in [0, 0.1) is 0 Å². The minimum atomic E-state index is -0.557. The molecule has 2 rings (SSSR count). The molecule has 0 aliphatic carbocycles. The number of nitrogens with zero attached hydrogens (tertiary/aromatic N) is 2.